The largest absolute Gasteiger partial charge is 0.393 e. The van der Waals surface area contributed by atoms with Crippen LogP contribution in [0.25, 0.3) is 0 Å². The summed E-state index contributed by atoms with van der Waals surface area (Å²) in [5, 5.41) is 3.40. The average molecular weight is 298 g/mol. The number of halogens is 3. The molecule has 0 radical (unpaired) electrons. The topological polar surface area (TPSA) is 15.3 Å². The van der Waals surface area contributed by atoms with Gasteiger partial charge in [0.25, 0.3) is 0 Å². The van der Waals surface area contributed by atoms with Gasteiger partial charge in [0.05, 0.1) is 5.92 Å². The second-order valence-electron chi connectivity index (χ2n) is 6.11. The van der Waals surface area contributed by atoms with Gasteiger partial charge in [0, 0.05) is 24.8 Å². The molecule has 0 aliphatic carbocycles. The van der Waals surface area contributed by atoms with Crippen LogP contribution in [-0.4, -0.2) is 36.8 Å². The molecule has 2 heterocycles. The molecule has 2 nitrogen and oxygen atoms in total. The summed E-state index contributed by atoms with van der Waals surface area (Å²) in [5.74, 6) is -1.16. The Bertz CT molecular complexity index is 460. The van der Waals surface area contributed by atoms with Gasteiger partial charge >= 0.3 is 6.18 Å². The highest BCUT2D eigenvalue weighted by atomic mass is 19.4. The number of rotatable bonds is 1. The van der Waals surface area contributed by atoms with Crippen molar-refractivity contribution in [3.63, 3.8) is 0 Å². The van der Waals surface area contributed by atoms with E-state index in [2.05, 4.69) is 11.4 Å². The number of fused-ring (bicyclic) bond motifs is 1. The Morgan fingerprint density at radius 1 is 1.14 bits per heavy atom. The Balaban J connectivity index is 1.66. The number of hydrogen-bond donors (Lipinski definition) is 1. The smallest absolute Gasteiger partial charge is 0.383 e. The quantitative estimate of drug-likeness (QED) is 0.850. The Kier molecular flexibility index (Phi) is 4.11. The molecule has 0 aromatic heterocycles. The van der Waals surface area contributed by atoms with Crippen molar-refractivity contribution in [2.24, 2.45) is 5.92 Å². The zero-order valence-corrected chi connectivity index (χ0v) is 12.0. The molecule has 1 aromatic rings. The molecule has 2 aliphatic heterocycles. The van der Waals surface area contributed by atoms with Gasteiger partial charge in [-0.3, -0.25) is 4.90 Å². The molecule has 2 aliphatic rings. The summed E-state index contributed by atoms with van der Waals surface area (Å²) < 4.78 is 38.8. The summed E-state index contributed by atoms with van der Waals surface area (Å²) in [4.78, 5) is 2.04. The predicted molar refractivity (Wildman–Crippen MR) is 77.4 cm³/mol. The molecule has 0 bridgehead atoms. The van der Waals surface area contributed by atoms with Crippen molar-refractivity contribution in [3.05, 3.63) is 29.8 Å². The monoisotopic (exact) mass is 298 g/mol. The highest BCUT2D eigenvalue weighted by Gasteiger charge is 2.42. The number of benzene rings is 1. The Hall–Kier alpha value is -1.23. The van der Waals surface area contributed by atoms with Crippen LogP contribution in [0.3, 0.4) is 0 Å². The minimum Gasteiger partial charge on any atom is -0.383 e. The van der Waals surface area contributed by atoms with Crippen molar-refractivity contribution < 1.29 is 13.2 Å². The van der Waals surface area contributed by atoms with Gasteiger partial charge in [0.15, 0.2) is 0 Å². The third kappa shape index (κ3) is 3.34. The van der Waals surface area contributed by atoms with Gasteiger partial charge in [-0.05, 0) is 43.9 Å². The summed E-state index contributed by atoms with van der Waals surface area (Å²) in [7, 11) is 0. The van der Waals surface area contributed by atoms with Crippen LogP contribution in [0.2, 0.25) is 0 Å². The summed E-state index contributed by atoms with van der Waals surface area (Å²) in [5.41, 5.74) is 2.40. The molecule has 21 heavy (non-hydrogen) atoms. The molecule has 1 aromatic carbocycles. The summed E-state index contributed by atoms with van der Waals surface area (Å²) in [6.45, 7) is 1.68. The maximum absolute atomic E-state index is 12.9. The lowest BCUT2D eigenvalue weighted by Gasteiger charge is -2.38. The average Bonchev–Trinajstić information content (AvgIpc) is 2.69. The van der Waals surface area contributed by atoms with E-state index in [1.807, 2.05) is 23.1 Å². The van der Waals surface area contributed by atoms with Crippen molar-refractivity contribution in [1.82, 2.24) is 4.90 Å². The highest BCUT2D eigenvalue weighted by molar-refractivity contribution is 5.52. The van der Waals surface area contributed by atoms with Crippen LogP contribution in [0.5, 0.6) is 0 Å². The molecule has 3 rings (SSSR count). The summed E-state index contributed by atoms with van der Waals surface area (Å²) >= 11 is 0. The molecule has 2 atom stereocenters. The van der Waals surface area contributed by atoms with Crippen LogP contribution in [0.15, 0.2) is 24.3 Å². The molecule has 1 fully saturated rings. The fraction of sp³-hybridized carbons (Fsp3) is 0.625. The second kappa shape index (κ2) is 5.87. The molecule has 0 spiro atoms. The number of para-hydroxylation sites is 1. The van der Waals surface area contributed by atoms with Crippen molar-refractivity contribution >= 4 is 5.69 Å². The van der Waals surface area contributed by atoms with E-state index in [0.717, 1.165) is 31.6 Å². The van der Waals surface area contributed by atoms with E-state index < -0.39 is 12.1 Å². The number of anilines is 1. The first-order valence-electron chi connectivity index (χ1n) is 7.66. The summed E-state index contributed by atoms with van der Waals surface area (Å²) in [6, 6.07) is 8.35. The first-order valence-corrected chi connectivity index (χ1v) is 7.66. The van der Waals surface area contributed by atoms with Gasteiger partial charge in [0.1, 0.15) is 0 Å². The molecule has 2 unspecified atom stereocenters. The Morgan fingerprint density at radius 2 is 1.95 bits per heavy atom. The lowest BCUT2D eigenvalue weighted by Crippen LogP contribution is -2.48. The SMILES string of the molecule is FC(F)(F)C1CCCN(C2CCc3ccccc3NC2)C1. The van der Waals surface area contributed by atoms with Gasteiger partial charge in [0.2, 0.25) is 0 Å². The fourth-order valence-corrected chi connectivity index (χ4v) is 3.48. The normalized spacial score (nSPS) is 27.6. The van der Waals surface area contributed by atoms with Gasteiger partial charge in [-0.2, -0.15) is 13.2 Å². The van der Waals surface area contributed by atoms with Gasteiger partial charge in [-0.15, -0.1) is 0 Å². The lowest BCUT2D eigenvalue weighted by molar-refractivity contribution is -0.188. The van der Waals surface area contributed by atoms with Crippen molar-refractivity contribution in [3.8, 4) is 0 Å². The molecular weight excluding hydrogens is 277 g/mol. The van der Waals surface area contributed by atoms with Gasteiger partial charge in [-0.25, -0.2) is 0 Å². The number of nitrogens with zero attached hydrogens (tertiary/aromatic N) is 1. The second-order valence-corrected chi connectivity index (χ2v) is 6.11. The van der Waals surface area contributed by atoms with Gasteiger partial charge in [-0.1, -0.05) is 18.2 Å². The van der Waals surface area contributed by atoms with Gasteiger partial charge < -0.3 is 5.32 Å². The number of likely N-dealkylation sites (tertiary alicyclic amines) is 1. The minimum absolute atomic E-state index is 0.159. The van der Waals surface area contributed by atoms with E-state index in [4.69, 9.17) is 0 Å². The fourth-order valence-electron chi connectivity index (χ4n) is 3.48. The third-order valence-electron chi connectivity index (χ3n) is 4.72. The molecule has 1 N–H and O–H groups in total. The van der Waals surface area contributed by atoms with Crippen LogP contribution in [0.1, 0.15) is 24.8 Å². The zero-order valence-electron chi connectivity index (χ0n) is 12.0. The highest BCUT2D eigenvalue weighted by Crippen LogP contribution is 2.34. The van der Waals surface area contributed by atoms with E-state index in [-0.39, 0.29) is 19.0 Å². The van der Waals surface area contributed by atoms with E-state index in [9.17, 15) is 13.2 Å². The minimum atomic E-state index is -4.06. The maximum atomic E-state index is 12.9. The molecule has 5 heteroatoms. The number of hydrogen-bond acceptors (Lipinski definition) is 2. The maximum Gasteiger partial charge on any atom is 0.393 e. The number of alkyl halides is 3. The van der Waals surface area contributed by atoms with Crippen LogP contribution in [-0.2, 0) is 6.42 Å². The standard InChI is InChI=1S/C16H21F3N2/c17-16(18,19)13-5-3-9-21(11-13)14-8-7-12-4-1-2-6-15(12)20-10-14/h1-2,4,6,13-14,20H,3,5,7-11H2. The van der Waals surface area contributed by atoms with Crippen molar-refractivity contribution in [1.29, 1.82) is 0 Å². The molecular formula is C16H21F3N2. The molecule has 0 amide bonds. The van der Waals surface area contributed by atoms with E-state index in [0.29, 0.717) is 6.42 Å². The first-order chi connectivity index (χ1) is 10.0. The van der Waals surface area contributed by atoms with E-state index >= 15 is 0 Å². The van der Waals surface area contributed by atoms with Crippen molar-refractivity contribution in [2.45, 2.75) is 37.9 Å². The molecule has 0 saturated carbocycles. The van der Waals surface area contributed by atoms with E-state index in [1.165, 1.54) is 5.56 Å². The van der Waals surface area contributed by atoms with Crippen LogP contribution >= 0.6 is 0 Å². The van der Waals surface area contributed by atoms with Crippen molar-refractivity contribution in [2.75, 3.05) is 25.0 Å². The molecule has 1 saturated heterocycles. The predicted octanol–water partition coefficient (Wildman–Crippen LogP) is 3.69. The molecule has 116 valence electrons. The van der Waals surface area contributed by atoms with Crippen LogP contribution in [0, 0.1) is 5.92 Å². The van der Waals surface area contributed by atoms with E-state index in [1.54, 1.807) is 0 Å². The summed E-state index contributed by atoms with van der Waals surface area (Å²) in [6.07, 6.45) is -1.27. The lowest BCUT2D eigenvalue weighted by atomic mass is 9.95. The first kappa shape index (κ1) is 14.7. The zero-order chi connectivity index (χ0) is 14.9. The number of piperidine rings is 1. The third-order valence-corrected chi connectivity index (χ3v) is 4.72. The van der Waals surface area contributed by atoms with Crippen LogP contribution < -0.4 is 5.32 Å². The Labute approximate surface area is 123 Å². The number of nitrogens with one attached hydrogen (secondary N) is 1. The Morgan fingerprint density at radius 3 is 2.76 bits per heavy atom. The van der Waals surface area contributed by atoms with Crippen LogP contribution in [0.4, 0.5) is 18.9 Å². The number of aryl methyl sites for hydroxylation is 1.